The number of rotatable bonds is 5. The van der Waals surface area contributed by atoms with Crippen LogP contribution in [0.4, 0.5) is 21.7 Å². The lowest BCUT2D eigenvalue weighted by atomic mass is 10.2. The van der Waals surface area contributed by atoms with Crippen molar-refractivity contribution in [2.75, 3.05) is 15.4 Å². The van der Waals surface area contributed by atoms with Gasteiger partial charge in [-0.15, -0.1) is 0 Å². The average molecular weight is 417 g/mol. The molecule has 0 bridgehead atoms. The molecule has 0 saturated heterocycles. The summed E-state index contributed by atoms with van der Waals surface area (Å²) < 4.78 is 40.8. The van der Waals surface area contributed by atoms with Gasteiger partial charge >= 0.3 is 0 Å². The lowest BCUT2D eigenvalue weighted by Crippen LogP contribution is -2.20. The molecule has 3 rings (SSSR count). The fourth-order valence-corrected chi connectivity index (χ4v) is 3.45. The van der Waals surface area contributed by atoms with Crippen LogP contribution in [0.15, 0.2) is 65.8 Å². The maximum atomic E-state index is 13.8. The number of sulfonamides is 1. The van der Waals surface area contributed by atoms with E-state index in [-0.39, 0.29) is 21.6 Å². The largest absolute Gasteiger partial charge is 0.332 e. The molecule has 0 aliphatic heterocycles. The van der Waals surface area contributed by atoms with E-state index < -0.39 is 15.8 Å². The predicted molar refractivity (Wildman–Crippen MR) is 110 cm³/mol. The zero-order valence-corrected chi connectivity index (χ0v) is 16.3. The van der Waals surface area contributed by atoms with Gasteiger partial charge < -0.3 is 10.6 Å². The van der Waals surface area contributed by atoms with Gasteiger partial charge in [-0.2, -0.15) is 0 Å². The van der Waals surface area contributed by atoms with E-state index in [4.69, 9.17) is 12.2 Å². The third-order valence-corrected chi connectivity index (χ3v) is 5.13. The molecule has 0 atom stereocenters. The molecular weight excluding hydrogens is 401 g/mol. The summed E-state index contributed by atoms with van der Waals surface area (Å²) in [6, 6.07) is 12.1. The second kappa shape index (κ2) is 8.28. The number of hydrogen-bond acceptors (Lipinski definition) is 5. The minimum absolute atomic E-state index is 0.0183. The summed E-state index contributed by atoms with van der Waals surface area (Å²) in [6.45, 7) is 1.84. The smallest absolute Gasteiger partial charge is 0.264 e. The highest BCUT2D eigenvalue weighted by molar-refractivity contribution is 7.92. The lowest BCUT2D eigenvalue weighted by molar-refractivity contribution is 0.601. The van der Waals surface area contributed by atoms with Crippen molar-refractivity contribution in [3.8, 4) is 0 Å². The van der Waals surface area contributed by atoms with Crippen LogP contribution in [-0.4, -0.2) is 23.5 Å². The number of anilines is 3. The van der Waals surface area contributed by atoms with Gasteiger partial charge in [-0.1, -0.05) is 6.07 Å². The number of nitrogens with zero attached hydrogens (tertiary/aromatic N) is 2. The Morgan fingerprint density at radius 2 is 1.71 bits per heavy atom. The highest BCUT2D eigenvalue weighted by atomic mass is 32.2. The molecule has 7 nitrogen and oxygen atoms in total. The first kappa shape index (κ1) is 19.6. The normalized spacial score (nSPS) is 10.9. The van der Waals surface area contributed by atoms with Gasteiger partial charge in [0.1, 0.15) is 5.82 Å². The van der Waals surface area contributed by atoms with Crippen LogP contribution in [0.3, 0.4) is 0 Å². The van der Waals surface area contributed by atoms with Crippen molar-refractivity contribution in [3.05, 3.63) is 72.3 Å². The molecule has 2 aromatic carbocycles. The first-order valence-corrected chi connectivity index (χ1v) is 9.97. The first-order chi connectivity index (χ1) is 13.3. The van der Waals surface area contributed by atoms with Crippen molar-refractivity contribution >= 4 is 44.7 Å². The van der Waals surface area contributed by atoms with Crippen LogP contribution in [0.1, 0.15) is 5.56 Å². The zero-order valence-electron chi connectivity index (χ0n) is 14.7. The summed E-state index contributed by atoms with van der Waals surface area (Å²) in [4.78, 5) is 7.70. The van der Waals surface area contributed by atoms with Crippen LogP contribution in [0.25, 0.3) is 0 Å². The van der Waals surface area contributed by atoms with E-state index in [2.05, 4.69) is 25.3 Å². The molecule has 1 aromatic heterocycles. The van der Waals surface area contributed by atoms with E-state index in [0.29, 0.717) is 5.69 Å². The molecule has 28 heavy (non-hydrogen) atoms. The number of aromatic nitrogens is 2. The van der Waals surface area contributed by atoms with Gasteiger partial charge in [0, 0.05) is 18.1 Å². The van der Waals surface area contributed by atoms with Gasteiger partial charge in [-0.3, -0.25) is 0 Å². The molecule has 3 aromatic rings. The van der Waals surface area contributed by atoms with Gasteiger partial charge in [0.05, 0.1) is 10.6 Å². The molecule has 0 unspecified atom stereocenters. The number of hydrogen-bond donors (Lipinski definition) is 3. The summed E-state index contributed by atoms with van der Waals surface area (Å²) >= 11 is 5.18. The Labute approximate surface area is 167 Å². The van der Waals surface area contributed by atoms with E-state index in [1.807, 2.05) is 6.92 Å². The first-order valence-electron chi connectivity index (χ1n) is 8.07. The van der Waals surface area contributed by atoms with E-state index in [9.17, 15) is 12.8 Å². The van der Waals surface area contributed by atoms with Crippen molar-refractivity contribution in [3.63, 3.8) is 0 Å². The van der Waals surface area contributed by atoms with Crippen molar-refractivity contribution in [1.82, 2.24) is 9.97 Å². The van der Waals surface area contributed by atoms with Gasteiger partial charge in [-0.25, -0.2) is 27.5 Å². The van der Waals surface area contributed by atoms with E-state index in [1.165, 1.54) is 30.6 Å². The monoisotopic (exact) mass is 417 g/mol. The van der Waals surface area contributed by atoms with E-state index in [1.54, 1.807) is 30.3 Å². The van der Waals surface area contributed by atoms with Crippen molar-refractivity contribution in [2.24, 2.45) is 0 Å². The van der Waals surface area contributed by atoms with Gasteiger partial charge in [0.25, 0.3) is 10.0 Å². The van der Waals surface area contributed by atoms with E-state index in [0.717, 1.165) is 5.56 Å². The summed E-state index contributed by atoms with van der Waals surface area (Å²) in [7, 11) is -3.82. The molecule has 10 heteroatoms. The van der Waals surface area contributed by atoms with Crippen molar-refractivity contribution < 1.29 is 12.8 Å². The van der Waals surface area contributed by atoms with Gasteiger partial charge in [0.15, 0.2) is 5.11 Å². The van der Waals surface area contributed by atoms with Crippen LogP contribution in [0.2, 0.25) is 0 Å². The highest BCUT2D eigenvalue weighted by Gasteiger charge is 2.15. The quantitative estimate of drug-likeness (QED) is 0.547. The maximum absolute atomic E-state index is 13.8. The minimum atomic E-state index is -3.82. The molecule has 0 spiro atoms. The third kappa shape index (κ3) is 4.99. The summed E-state index contributed by atoms with van der Waals surface area (Å²) in [5.41, 5.74) is 1.68. The predicted octanol–water partition coefficient (Wildman–Crippen LogP) is 3.53. The minimum Gasteiger partial charge on any atom is -0.332 e. The summed E-state index contributed by atoms with van der Waals surface area (Å²) in [5, 5.41) is 5.83. The molecule has 1 heterocycles. The number of benzene rings is 2. The molecule has 0 radical (unpaired) electrons. The van der Waals surface area contributed by atoms with Crippen LogP contribution < -0.4 is 15.4 Å². The second-order valence-electron chi connectivity index (χ2n) is 5.76. The fourth-order valence-electron chi connectivity index (χ4n) is 2.27. The molecule has 0 saturated carbocycles. The Balaban J connectivity index is 1.67. The third-order valence-electron chi connectivity index (χ3n) is 3.58. The summed E-state index contributed by atoms with van der Waals surface area (Å²) in [6.07, 6.45) is 2.87. The Kier molecular flexibility index (Phi) is 5.81. The molecule has 0 fully saturated rings. The van der Waals surface area contributed by atoms with Gasteiger partial charge in [-0.05, 0) is 67.2 Å². The highest BCUT2D eigenvalue weighted by Crippen LogP contribution is 2.18. The fraction of sp³-hybridized carbons (Fsp3) is 0.0556. The standard InChI is InChI=1S/C18H16FN5O2S2/c1-12-3-8-15(19)16(11-12)23-18(27)22-13-4-6-14(7-5-13)28(25,26)24-17-20-9-2-10-21-17/h2-11H,1H3,(H,20,21,24)(H2,22,23,27). The van der Waals surface area contributed by atoms with Crippen molar-refractivity contribution in [1.29, 1.82) is 0 Å². The number of halogens is 1. The van der Waals surface area contributed by atoms with Crippen molar-refractivity contribution in [2.45, 2.75) is 11.8 Å². The average Bonchev–Trinajstić information content (AvgIpc) is 2.65. The van der Waals surface area contributed by atoms with Crippen LogP contribution >= 0.6 is 12.2 Å². The summed E-state index contributed by atoms with van der Waals surface area (Å²) in [5.74, 6) is -0.444. The van der Waals surface area contributed by atoms with Gasteiger partial charge in [0.2, 0.25) is 5.95 Å². The Morgan fingerprint density at radius 3 is 2.39 bits per heavy atom. The number of aryl methyl sites for hydroxylation is 1. The van der Waals surface area contributed by atoms with Crippen LogP contribution in [0, 0.1) is 12.7 Å². The number of thiocarbonyl (C=S) groups is 1. The molecule has 0 amide bonds. The SMILES string of the molecule is Cc1ccc(F)c(NC(=S)Nc2ccc(S(=O)(=O)Nc3ncccn3)cc2)c1. The Bertz CT molecular complexity index is 1090. The second-order valence-corrected chi connectivity index (χ2v) is 7.86. The maximum Gasteiger partial charge on any atom is 0.264 e. The molecule has 0 aliphatic rings. The Hall–Kier alpha value is -3.11. The molecule has 0 aliphatic carbocycles. The van der Waals surface area contributed by atoms with E-state index >= 15 is 0 Å². The van der Waals surface area contributed by atoms with Crippen LogP contribution in [0.5, 0.6) is 0 Å². The topological polar surface area (TPSA) is 96.0 Å². The Morgan fingerprint density at radius 1 is 1.04 bits per heavy atom. The molecular formula is C18H16FN5O2S2. The molecule has 3 N–H and O–H groups in total. The molecule has 144 valence electrons. The zero-order chi connectivity index (χ0) is 20.1. The van der Waals surface area contributed by atoms with Crippen LogP contribution in [-0.2, 0) is 10.0 Å². The number of nitrogens with one attached hydrogen (secondary N) is 3. The lowest BCUT2D eigenvalue weighted by Gasteiger charge is -2.12.